The molecule has 0 amide bonds. The van der Waals surface area contributed by atoms with Crippen LogP contribution in [0.5, 0.6) is 0 Å². The third kappa shape index (κ3) is 4.72. The Balaban J connectivity index is 1.06. The summed E-state index contributed by atoms with van der Waals surface area (Å²) in [4.78, 5) is 15.4. The molecule has 1 aliphatic rings. The van der Waals surface area contributed by atoms with E-state index in [9.17, 15) is 0 Å². The first kappa shape index (κ1) is 32.8. The number of aromatic nitrogens is 4. The molecule has 9 aromatic carbocycles. The van der Waals surface area contributed by atoms with Crippen LogP contribution in [-0.2, 0) is 5.41 Å². The van der Waals surface area contributed by atoms with Crippen LogP contribution in [-0.4, -0.2) is 19.5 Å². The Kier molecular flexibility index (Phi) is 6.94. The fourth-order valence-electron chi connectivity index (χ4n) is 9.66. The molecule has 0 aliphatic heterocycles. The topological polar surface area (TPSA) is 43.6 Å². The van der Waals surface area contributed by atoms with Crippen LogP contribution in [0.15, 0.2) is 182 Å². The fraction of sp³-hybridized carbons (Fsp3) is 0.0556. The summed E-state index contributed by atoms with van der Waals surface area (Å²) in [7, 11) is 0. The number of rotatable bonds is 4. The van der Waals surface area contributed by atoms with Gasteiger partial charge in [0.2, 0.25) is 0 Å². The Morgan fingerprint density at radius 3 is 1.71 bits per heavy atom. The Hall–Kier alpha value is -7.43. The Bertz CT molecular complexity index is 3470. The molecule has 0 saturated carbocycles. The van der Waals surface area contributed by atoms with Gasteiger partial charge in [-0.05, 0) is 85.6 Å². The van der Waals surface area contributed by atoms with E-state index < -0.39 is 0 Å². The summed E-state index contributed by atoms with van der Waals surface area (Å²) in [5, 5.41) is 10.1. The molecule has 272 valence electrons. The van der Waals surface area contributed by atoms with Crippen molar-refractivity contribution in [2.75, 3.05) is 0 Å². The Labute approximate surface area is 335 Å². The summed E-state index contributed by atoms with van der Waals surface area (Å²) in [6.07, 6.45) is 0. The highest BCUT2D eigenvalue weighted by molar-refractivity contribution is 6.35. The zero-order valence-electron chi connectivity index (χ0n) is 32.1. The van der Waals surface area contributed by atoms with Gasteiger partial charge in [-0.1, -0.05) is 159 Å². The maximum Gasteiger partial charge on any atom is 0.164 e. The zero-order valence-corrected chi connectivity index (χ0v) is 32.1. The first-order chi connectivity index (χ1) is 28.5. The van der Waals surface area contributed by atoms with Gasteiger partial charge in [0.1, 0.15) is 0 Å². The molecule has 0 unspecified atom stereocenters. The maximum atomic E-state index is 5.19. The van der Waals surface area contributed by atoms with Crippen LogP contribution < -0.4 is 0 Å². The molecule has 2 aromatic heterocycles. The van der Waals surface area contributed by atoms with Gasteiger partial charge in [-0.25, -0.2) is 15.0 Å². The molecular formula is C54H36N4. The van der Waals surface area contributed by atoms with Gasteiger partial charge in [-0.15, -0.1) is 0 Å². The van der Waals surface area contributed by atoms with E-state index in [4.69, 9.17) is 15.0 Å². The molecule has 0 fully saturated rings. The second kappa shape index (κ2) is 12.3. The van der Waals surface area contributed by atoms with Crippen LogP contribution in [0.3, 0.4) is 0 Å². The number of benzene rings is 9. The lowest BCUT2D eigenvalue weighted by atomic mass is 9.82. The van der Waals surface area contributed by atoms with Crippen LogP contribution in [0.2, 0.25) is 0 Å². The highest BCUT2D eigenvalue weighted by atomic mass is 15.0. The minimum atomic E-state index is -0.132. The van der Waals surface area contributed by atoms with Crippen molar-refractivity contribution in [3.05, 3.63) is 193 Å². The molecule has 2 heterocycles. The van der Waals surface area contributed by atoms with Gasteiger partial charge in [-0.3, -0.25) is 0 Å². The number of fused-ring (bicyclic) bond motifs is 13. The molecule has 58 heavy (non-hydrogen) atoms. The SMILES string of the molecule is CC1(C)c2ccccc2-c2ccc(-c3nc(-c4ccccc4)nc(-c4ccc(-n5c6ccc7ccccc7c6c6c7ccccc7c7ccccc7c65)cc4)n3)cc21. The van der Waals surface area contributed by atoms with Crippen molar-refractivity contribution in [3.63, 3.8) is 0 Å². The Morgan fingerprint density at radius 1 is 0.397 bits per heavy atom. The molecule has 11 aromatic rings. The van der Waals surface area contributed by atoms with E-state index >= 15 is 0 Å². The highest BCUT2D eigenvalue weighted by Crippen LogP contribution is 2.50. The van der Waals surface area contributed by atoms with Crippen molar-refractivity contribution in [1.82, 2.24) is 19.5 Å². The lowest BCUT2D eigenvalue weighted by molar-refractivity contribution is 0.660. The molecule has 4 nitrogen and oxygen atoms in total. The van der Waals surface area contributed by atoms with Gasteiger partial charge < -0.3 is 4.57 Å². The van der Waals surface area contributed by atoms with Crippen molar-refractivity contribution in [2.45, 2.75) is 19.3 Å². The van der Waals surface area contributed by atoms with Crippen LogP contribution in [0.25, 0.3) is 105 Å². The van der Waals surface area contributed by atoms with Crippen LogP contribution >= 0.6 is 0 Å². The molecular weight excluding hydrogens is 705 g/mol. The molecule has 0 N–H and O–H groups in total. The standard InChI is InChI=1S/C54H36N4/c1-54(2)45-23-13-12-20-41(45)42-30-26-36(32-46(42)54)53-56-51(34-15-4-3-5-16-34)55-52(57-53)35-24-28-37(29-25-35)58-47-31-27-33-14-6-7-17-38(33)48(47)49-43-21-10-8-18-39(43)40-19-9-11-22-44(40)50(49)58/h3-32H,1-2H3. The second-order valence-electron chi connectivity index (χ2n) is 16.0. The lowest BCUT2D eigenvalue weighted by Gasteiger charge is -2.21. The van der Waals surface area contributed by atoms with Gasteiger partial charge in [0.25, 0.3) is 0 Å². The van der Waals surface area contributed by atoms with Crippen LogP contribution in [0, 0.1) is 0 Å². The zero-order chi connectivity index (χ0) is 38.5. The van der Waals surface area contributed by atoms with E-state index in [-0.39, 0.29) is 5.41 Å². The number of hydrogen-bond acceptors (Lipinski definition) is 3. The normalized spacial score (nSPS) is 13.1. The lowest BCUT2D eigenvalue weighted by Crippen LogP contribution is -2.15. The summed E-state index contributed by atoms with van der Waals surface area (Å²) in [5.74, 6) is 1.96. The van der Waals surface area contributed by atoms with E-state index in [1.807, 2.05) is 18.2 Å². The minimum Gasteiger partial charge on any atom is -0.309 e. The van der Waals surface area contributed by atoms with E-state index in [1.54, 1.807) is 0 Å². The molecule has 0 bridgehead atoms. The fourth-order valence-corrected chi connectivity index (χ4v) is 9.66. The minimum absolute atomic E-state index is 0.132. The van der Waals surface area contributed by atoms with E-state index in [0.29, 0.717) is 17.5 Å². The molecule has 0 spiro atoms. The van der Waals surface area contributed by atoms with E-state index in [2.05, 4.69) is 182 Å². The number of nitrogens with zero attached hydrogens (tertiary/aromatic N) is 4. The molecule has 0 saturated heterocycles. The average Bonchev–Trinajstić information content (AvgIpc) is 3.76. The first-order valence-electron chi connectivity index (χ1n) is 20.0. The smallest absolute Gasteiger partial charge is 0.164 e. The third-order valence-corrected chi connectivity index (χ3v) is 12.4. The van der Waals surface area contributed by atoms with Crippen molar-refractivity contribution >= 4 is 54.1 Å². The van der Waals surface area contributed by atoms with E-state index in [1.165, 1.54) is 76.4 Å². The summed E-state index contributed by atoms with van der Waals surface area (Å²) >= 11 is 0. The molecule has 0 atom stereocenters. The average molecular weight is 741 g/mol. The Morgan fingerprint density at radius 2 is 0.948 bits per heavy atom. The van der Waals surface area contributed by atoms with Crippen LogP contribution in [0.4, 0.5) is 0 Å². The predicted molar refractivity (Wildman–Crippen MR) is 241 cm³/mol. The highest BCUT2D eigenvalue weighted by Gasteiger charge is 2.35. The van der Waals surface area contributed by atoms with Crippen molar-refractivity contribution < 1.29 is 0 Å². The monoisotopic (exact) mass is 740 g/mol. The van der Waals surface area contributed by atoms with Crippen molar-refractivity contribution in [1.29, 1.82) is 0 Å². The van der Waals surface area contributed by atoms with Gasteiger partial charge in [0.15, 0.2) is 17.5 Å². The second-order valence-corrected chi connectivity index (χ2v) is 16.0. The predicted octanol–water partition coefficient (Wildman–Crippen LogP) is 13.7. The van der Waals surface area contributed by atoms with Crippen LogP contribution in [0.1, 0.15) is 25.0 Å². The molecule has 1 aliphatic carbocycles. The van der Waals surface area contributed by atoms with Gasteiger partial charge in [0.05, 0.1) is 11.0 Å². The van der Waals surface area contributed by atoms with Gasteiger partial charge in [-0.2, -0.15) is 0 Å². The molecule has 4 heteroatoms. The summed E-state index contributed by atoms with van der Waals surface area (Å²) in [5.41, 5.74) is 11.4. The van der Waals surface area contributed by atoms with Gasteiger partial charge in [0, 0.05) is 44.0 Å². The van der Waals surface area contributed by atoms with Crippen molar-refractivity contribution in [3.8, 4) is 51.0 Å². The van der Waals surface area contributed by atoms with Gasteiger partial charge >= 0.3 is 0 Å². The van der Waals surface area contributed by atoms with Crippen molar-refractivity contribution in [2.24, 2.45) is 0 Å². The maximum absolute atomic E-state index is 5.19. The first-order valence-corrected chi connectivity index (χ1v) is 20.0. The third-order valence-electron chi connectivity index (χ3n) is 12.4. The quantitative estimate of drug-likeness (QED) is 0.169. The molecule has 0 radical (unpaired) electrons. The molecule has 12 rings (SSSR count). The van der Waals surface area contributed by atoms with E-state index in [0.717, 1.165) is 22.4 Å². The summed E-state index contributed by atoms with van der Waals surface area (Å²) in [6.45, 7) is 4.62. The summed E-state index contributed by atoms with van der Waals surface area (Å²) in [6, 6.07) is 65.4. The largest absolute Gasteiger partial charge is 0.309 e. The summed E-state index contributed by atoms with van der Waals surface area (Å²) < 4.78 is 2.45. The number of hydrogen-bond donors (Lipinski definition) is 0.